The van der Waals surface area contributed by atoms with Crippen LogP contribution < -0.4 is 9.47 Å². The van der Waals surface area contributed by atoms with Gasteiger partial charge in [0.25, 0.3) is 0 Å². The number of methoxy groups -OCH3 is 1. The maximum absolute atomic E-state index is 14.1. The average molecular weight is 591 g/mol. The van der Waals surface area contributed by atoms with Crippen molar-refractivity contribution in [3.05, 3.63) is 77.1 Å². The van der Waals surface area contributed by atoms with Crippen molar-refractivity contribution in [1.29, 1.82) is 0 Å². The molecule has 10 heteroatoms. The first kappa shape index (κ1) is 29.2. The van der Waals surface area contributed by atoms with E-state index in [1.54, 1.807) is 47.4 Å². The zero-order chi connectivity index (χ0) is 30.0. The predicted molar refractivity (Wildman–Crippen MR) is 158 cm³/mol. The van der Waals surface area contributed by atoms with E-state index in [0.29, 0.717) is 40.5 Å². The summed E-state index contributed by atoms with van der Waals surface area (Å²) in [5, 5.41) is 2.57. The number of ketones is 2. The molecule has 1 aliphatic heterocycles. The van der Waals surface area contributed by atoms with Crippen LogP contribution in [0, 0.1) is 5.82 Å². The lowest BCUT2D eigenvalue weighted by atomic mass is 10.0. The van der Waals surface area contributed by atoms with Crippen molar-refractivity contribution in [2.75, 3.05) is 20.2 Å². The number of hydrogen-bond acceptors (Lipinski definition) is 8. The average Bonchev–Trinajstić information content (AvgIpc) is 3.38. The van der Waals surface area contributed by atoms with Crippen molar-refractivity contribution >= 4 is 39.1 Å². The van der Waals surface area contributed by atoms with E-state index in [4.69, 9.17) is 14.2 Å². The van der Waals surface area contributed by atoms with Gasteiger partial charge in [-0.2, -0.15) is 0 Å². The summed E-state index contributed by atoms with van der Waals surface area (Å²) in [6.07, 6.45) is -0.631. The number of fused-ring (bicyclic) bond motifs is 1. The summed E-state index contributed by atoms with van der Waals surface area (Å²) in [6.45, 7) is 6.21. The second kappa shape index (κ2) is 11.9. The number of carbonyl (C=O) groups excluding carboxylic acids is 3. The molecule has 42 heavy (non-hydrogen) atoms. The van der Waals surface area contributed by atoms with E-state index in [-0.39, 0.29) is 48.1 Å². The fraction of sp³-hybridized carbons (Fsp3) is 0.312. The monoisotopic (exact) mass is 590 g/mol. The topological polar surface area (TPSA) is 95.0 Å². The van der Waals surface area contributed by atoms with Gasteiger partial charge in [-0.1, -0.05) is 18.2 Å². The number of ether oxygens (including phenoxy) is 3. The van der Waals surface area contributed by atoms with E-state index in [1.165, 1.54) is 24.5 Å². The van der Waals surface area contributed by atoms with Crippen LogP contribution in [0.2, 0.25) is 0 Å². The number of likely N-dealkylation sites (tertiary alicyclic amines) is 1. The number of halogens is 1. The SMILES string of the molecule is COc1cc(C(=O)CCC(=O)c2cccc(-c3csc4c(F)cccc34)n2)ccc1OC1CN(C(=O)OC(C)(C)C)C1. The minimum atomic E-state index is -0.568. The molecular formula is C32H31FN2O6S. The lowest BCUT2D eigenvalue weighted by molar-refractivity contribution is -0.0226. The van der Waals surface area contributed by atoms with E-state index in [1.807, 2.05) is 32.2 Å². The Hall–Kier alpha value is -4.31. The normalized spacial score (nSPS) is 13.5. The van der Waals surface area contributed by atoms with Gasteiger partial charge in [0.15, 0.2) is 23.1 Å². The summed E-state index contributed by atoms with van der Waals surface area (Å²) in [5.41, 5.74) is 1.41. The highest BCUT2D eigenvalue weighted by Crippen LogP contribution is 2.35. The molecule has 2 aromatic carbocycles. The van der Waals surface area contributed by atoms with Crippen LogP contribution in [0.3, 0.4) is 0 Å². The molecule has 0 unspecified atom stereocenters. The van der Waals surface area contributed by atoms with Gasteiger partial charge in [0.05, 0.1) is 30.6 Å². The summed E-state index contributed by atoms with van der Waals surface area (Å²) in [4.78, 5) is 44.1. The van der Waals surface area contributed by atoms with Crippen LogP contribution in [-0.2, 0) is 4.74 Å². The highest BCUT2D eigenvalue weighted by atomic mass is 32.1. The Balaban J connectivity index is 1.18. The maximum Gasteiger partial charge on any atom is 0.410 e. The number of benzene rings is 2. The Morgan fingerprint density at radius 3 is 2.48 bits per heavy atom. The first-order chi connectivity index (χ1) is 20.0. The molecule has 1 aliphatic rings. The quantitative estimate of drug-likeness (QED) is 0.195. The van der Waals surface area contributed by atoms with E-state index in [9.17, 15) is 18.8 Å². The molecule has 0 spiro atoms. The molecule has 0 atom stereocenters. The van der Waals surface area contributed by atoms with E-state index >= 15 is 0 Å². The lowest BCUT2D eigenvalue weighted by Gasteiger charge is -2.39. The number of aromatic nitrogens is 1. The molecule has 0 saturated carbocycles. The molecule has 1 amide bonds. The Morgan fingerprint density at radius 2 is 1.74 bits per heavy atom. The summed E-state index contributed by atoms with van der Waals surface area (Å²) in [7, 11) is 1.48. The number of amides is 1. The van der Waals surface area contributed by atoms with Crippen LogP contribution in [-0.4, -0.2) is 59.4 Å². The number of pyridine rings is 1. The van der Waals surface area contributed by atoms with Crippen molar-refractivity contribution in [1.82, 2.24) is 9.88 Å². The van der Waals surface area contributed by atoms with Crippen LogP contribution in [0.1, 0.15) is 54.5 Å². The fourth-order valence-electron chi connectivity index (χ4n) is 4.57. The Morgan fingerprint density at radius 1 is 1.00 bits per heavy atom. The molecule has 0 N–H and O–H groups in total. The van der Waals surface area contributed by atoms with E-state index in [0.717, 1.165) is 10.9 Å². The number of carbonyl (C=O) groups is 3. The molecule has 3 heterocycles. The first-order valence-electron chi connectivity index (χ1n) is 13.5. The van der Waals surface area contributed by atoms with Gasteiger partial charge in [-0.3, -0.25) is 9.59 Å². The maximum atomic E-state index is 14.1. The van der Waals surface area contributed by atoms with Crippen molar-refractivity contribution in [3.8, 4) is 22.8 Å². The van der Waals surface area contributed by atoms with Gasteiger partial charge in [-0.15, -0.1) is 11.3 Å². The van der Waals surface area contributed by atoms with Gasteiger partial charge in [0.2, 0.25) is 0 Å². The molecule has 1 fully saturated rings. The highest BCUT2D eigenvalue weighted by Gasteiger charge is 2.35. The second-order valence-corrected chi connectivity index (χ2v) is 11.9. The molecule has 2 aromatic heterocycles. The molecular weight excluding hydrogens is 559 g/mol. The van der Waals surface area contributed by atoms with Crippen molar-refractivity contribution in [3.63, 3.8) is 0 Å². The van der Waals surface area contributed by atoms with Crippen molar-refractivity contribution < 1.29 is 33.0 Å². The summed E-state index contributed by atoms with van der Waals surface area (Å²) >= 11 is 1.29. The zero-order valence-corrected chi connectivity index (χ0v) is 24.6. The van der Waals surface area contributed by atoms with Crippen molar-refractivity contribution in [2.45, 2.75) is 45.3 Å². The number of thiophene rings is 1. The van der Waals surface area contributed by atoms with Crippen molar-refractivity contribution in [2.24, 2.45) is 0 Å². The number of hydrogen-bond donors (Lipinski definition) is 0. The molecule has 1 saturated heterocycles. The standard InChI is InChI=1S/C32H31FN2O6S/c1-32(2,3)41-31(38)35-16-20(17-35)40-28-14-11-19(15-29(28)39-4)26(36)12-13-27(37)25-10-6-9-24(34-25)22-18-42-30-21(22)7-5-8-23(30)33/h5-11,14-15,18,20H,12-13,16-17H2,1-4H3. The van der Waals surface area contributed by atoms with E-state index < -0.39 is 5.60 Å². The van der Waals surface area contributed by atoms with E-state index in [2.05, 4.69) is 4.98 Å². The van der Waals surface area contributed by atoms with Gasteiger partial charge in [-0.25, -0.2) is 14.2 Å². The number of Topliss-reactive ketones (excluding diaryl/α,β-unsaturated/α-hetero) is 2. The largest absolute Gasteiger partial charge is 0.493 e. The van der Waals surface area contributed by atoms with Gasteiger partial charge < -0.3 is 19.1 Å². The second-order valence-electron chi connectivity index (χ2n) is 11.0. The van der Waals surface area contributed by atoms with Crippen LogP contribution in [0.4, 0.5) is 9.18 Å². The molecule has 5 rings (SSSR count). The number of nitrogens with zero attached hydrogens (tertiary/aromatic N) is 2. The smallest absolute Gasteiger partial charge is 0.410 e. The van der Waals surface area contributed by atoms with Crippen LogP contribution in [0.25, 0.3) is 21.3 Å². The van der Waals surface area contributed by atoms with Gasteiger partial charge in [0, 0.05) is 34.7 Å². The summed E-state index contributed by atoms with van der Waals surface area (Å²) in [5.74, 6) is 0.0712. The van der Waals surface area contributed by atoms with Gasteiger partial charge >= 0.3 is 6.09 Å². The van der Waals surface area contributed by atoms with Crippen LogP contribution in [0.5, 0.6) is 11.5 Å². The van der Waals surface area contributed by atoms with Gasteiger partial charge in [-0.05, 0) is 57.2 Å². The Bertz CT molecular complexity index is 1650. The van der Waals surface area contributed by atoms with Crippen LogP contribution in [0.15, 0.2) is 60.0 Å². The number of rotatable bonds is 9. The Labute approximate surface area is 247 Å². The molecule has 0 aliphatic carbocycles. The molecule has 0 bridgehead atoms. The Kier molecular flexibility index (Phi) is 8.27. The van der Waals surface area contributed by atoms with Gasteiger partial charge in [0.1, 0.15) is 23.2 Å². The lowest BCUT2D eigenvalue weighted by Crippen LogP contribution is -2.57. The molecule has 4 aromatic rings. The predicted octanol–water partition coefficient (Wildman–Crippen LogP) is 6.95. The third kappa shape index (κ3) is 6.44. The van der Waals surface area contributed by atoms with Crippen LogP contribution >= 0.6 is 11.3 Å². The molecule has 218 valence electrons. The first-order valence-corrected chi connectivity index (χ1v) is 14.4. The third-order valence-corrected chi connectivity index (χ3v) is 7.72. The summed E-state index contributed by atoms with van der Waals surface area (Å²) < 4.78 is 31.5. The summed E-state index contributed by atoms with van der Waals surface area (Å²) in [6, 6.07) is 14.9. The molecule has 8 nitrogen and oxygen atoms in total. The minimum Gasteiger partial charge on any atom is -0.493 e. The minimum absolute atomic E-state index is 0.00579. The highest BCUT2D eigenvalue weighted by molar-refractivity contribution is 7.17. The third-order valence-electron chi connectivity index (χ3n) is 6.72. The fourth-order valence-corrected chi connectivity index (χ4v) is 5.54. The zero-order valence-electron chi connectivity index (χ0n) is 23.8. The molecule has 0 radical (unpaired) electrons.